The Morgan fingerprint density at radius 2 is 1.89 bits per heavy atom. The molecule has 0 saturated heterocycles. The molecule has 0 atom stereocenters. The molecule has 4 nitrogen and oxygen atoms in total. The largest absolute Gasteiger partial charge is 0.363 e. The first kappa shape index (κ1) is 12.1. The minimum Gasteiger partial charge on any atom is -0.363 e. The van der Waals surface area contributed by atoms with E-state index in [0.29, 0.717) is 17.9 Å². The number of nitriles is 1. The highest BCUT2D eigenvalue weighted by atomic mass is 15.2. The summed E-state index contributed by atoms with van der Waals surface area (Å²) < 4.78 is 0. The fraction of sp³-hybridized carbons (Fsp3) is 0.214. The van der Waals surface area contributed by atoms with Crippen molar-refractivity contribution in [2.75, 3.05) is 5.32 Å². The molecule has 0 aliphatic carbocycles. The van der Waals surface area contributed by atoms with Crippen molar-refractivity contribution in [1.82, 2.24) is 10.2 Å². The van der Waals surface area contributed by atoms with Crippen molar-refractivity contribution < 1.29 is 0 Å². The molecule has 0 bridgehead atoms. The summed E-state index contributed by atoms with van der Waals surface area (Å²) in [6.45, 7) is 4.37. The highest BCUT2D eigenvalue weighted by molar-refractivity contribution is 5.55. The number of hydrogen-bond donors (Lipinski definition) is 1. The number of hydrogen-bond acceptors (Lipinski definition) is 4. The van der Waals surface area contributed by atoms with Gasteiger partial charge in [0.15, 0.2) is 5.82 Å². The zero-order chi connectivity index (χ0) is 13.0. The molecule has 90 valence electrons. The Hall–Kier alpha value is -2.41. The quantitative estimate of drug-likeness (QED) is 0.892. The number of benzene rings is 1. The maximum Gasteiger partial charge on any atom is 0.167 e. The Bertz CT molecular complexity index is 585. The Labute approximate surface area is 106 Å². The maximum absolute atomic E-state index is 9.16. The topological polar surface area (TPSA) is 61.6 Å². The summed E-state index contributed by atoms with van der Waals surface area (Å²) in [6, 6.07) is 12.2. The van der Waals surface area contributed by atoms with Crippen molar-refractivity contribution in [3.8, 4) is 6.07 Å². The molecule has 18 heavy (non-hydrogen) atoms. The molecule has 1 aromatic heterocycles. The normalized spacial score (nSPS) is 9.83. The maximum atomic E-state index is 9.16. The molecule has 4 heteroatoms. The van der Waals surface area contributed by atoms with Gasteiger partial charge in [0.2, 0.25) is 0 Å². The van der Waals surface area contributed by atoms with E-state index in [9.17, 15) is 0 Å². The number of aromatic nitrogens is 2. The molecule has 1 N–H and O–H groups in total. The average Bonchev–Trinajstić information content (AvgIpc) is 2.41. The molecule has 1 aromatic carbocycles. The van der Waals surface area contributed by atoms with Crippen LogP contribution in [0.15, 0.2) is 30.3 Å². The molecule has 2 rings (SSSR count). The van der Waals surface area contributed by atoms with Gasteiger partial charge in [-0.2, -0.15) is 10.4 Å². The molecule has 0 radical (unpaired) electrons. The summed E-state index contributed by atoms with van der Waals surface area (Å²) in [5.74, 6) is 0.546. The van der Waals surface area contributed by atoms with E-state index in [-0.39, 0.29) is 0 Å². The third-order valence-electron chi connectivity index (χ3n) is 2.87. The SMILES string of the molecule is Cc1nnc(NCc2ccccc2)c(C#N)c1C. The molecule has 0 saturated carbocycles. The van der Waals surface area contributed by atoms with Crippen molar-refractivity contribution >= 4 is 5.82 Å². The van der Waals surface area contributed by atoms with Gasteiger partial charge in [-0.05, 0) is 25.0 Å². The van der Waals surface area contributed by atoms with Gasteiger partial charge in [-0.25, -0.2) is 0 Å². The summed E-state index contributed by atoms with van der Waals surface area (Å²) in [4.78, 5) is 0. The van der Waals surface area contributed by atoms with E-state index in [4.69, 9.17) is 5.26 Å². The summed E-state index contributed by atoms with van der Waals surface area (Å²) in [5.41, 5.74) is 3.37. The third kappa shape index (κ3) is 2.46. The predicted octanol–water partition coefficient (Wildman–Crippen LogP) is 2.58. The molecule has 2 aromatic rings. The van der Waals surface area contributed by atoms with Crippen LogP contribution in [0.5, 0.6) is 0 Å². The second-order valence-corrected chi connectivity index (χ2v) is 4.08. The smallest absolute Gasteiger partial charge is 0.167 e. The highest BCUT2D eigenvalue weighted by Gasteiger charge is 2.09. The number of nitrogens with zero attached hydrogens (tertiary/aromatic N) is 3. The molecule has 0 unspecified atom stereocenters. The fourth-order valence-electron chi connectivity index (χ4n) is 1.65. The highest BCUT2D eigenvalue weighted by Crippen LogP contribution is 2.17. The van der Waals surface area contributed by atoms with Gasteiger partial charge >= 0.3 is 0 Å². The van der Waals surface area contributed by atoms with Crippen LogP contribution in [0.2, 0.25) is 0 Å². The van der Waals surface area contributed by atoms with Crippen LogP contribution in [0.3, 0.4) is 0 Å². The molecular formula is C14H14N4. The van der Waals surface area contributed by atoms with Crippen molar-refractivity contribution in [1.29, 1.82) is 5.26 Å². The first-order valence-corrected chi connectivity index (χ1v) is 5.74. The summed E-state index contributed by atoms with van der Waals surface area (Å²) in [7, 11) is 0. The van der Waals surface area contributed by atoms with E-state index in [2.05, 4.69) is 21.6 Å². The van der Waals surface area contributed by atoms with E-state index in [0.717, 1.165) is 16.8 Å². The van der Waals surface area contributed by atoms with E-state index in [1.807, 2.05) is 44.2 Å². The number of rotatable bonds is 3. The monoisotopic (exact) mass is 238 g/mol. The van der Waals surface area contributed by atoms with E-state index in [1.54, 1.807) is 0 Å². The van der Waals surface area contributed by atoms with Crippen molar-refractivity contribution in [3.63, 3.8) is 0 Å². The van der Waals surface area contributed by atoms with E-state index in [1.165, 1.54) is 0 Å². The Morgan fingerprint density at radius 3 is 2.56 bits per heavy atom. The van der Waals surface area contributed by atoms with Gasteiger partial charge in [-0.15, -0.1) is 5.10 Å². The Balaban J connectivity index is 2.21. The van der Waals surface area contributed by atoms with Crippen LogP contribution in [0, 0.1) is 25.2 Å². The summed E-state index contributed by atoms with van der Waals surface area (Å²) in [6.07, 6.45) is 0. The van der Waals surface area contributed by atoms with Crippen LogP contribution in [0.4, 0.5) is 5.82 Å². The first-order chi connectivity index (χ1) is 8.72. The first-order valence-electron chi connectivity index (χ1n) is 5.74. The molecule has 1 heterocycles. The average molecular weight is 238 g/mol. The lowest BCUT2D eigenvalue weighted by molar-refractivity contribution is 0.941. The number of aryl methyl sites for hydroxylation is 1. The number of nitrogens with one attached hydrogen (secondary N) is 1. The summed E-state index contributed by atoms with van der Waals surface area (Å²) in [5, 5.41) is 20.4. The van der Waals surface area contributed by atoms with E-state index >= 15 is 0 Å². The van der Waals surface area contributed by atoms with Crippen LogP contribution < -0.4 is 5.32 Å². The van der Waals surface area contributed by atoms with Crippen LogP contribution in [-0.2, 0) is 6.54 Å². The lowest BCUT2D eigenvalue weighted by Crippen LogP contribution is -2.07. The van der Waals surface area contributed by atoms with Crippen LogP contribution in [-0.4, -0.2) is 10.2 Å². The standard InChI is InChI=1S/C14H14N4/c1-10-11(2)17-18-14(13(10)8-15)16-9-12-6-4-3-5-7-12/h3-7H,9H2,1-2H3,(H,16,18). The lowest BCUT2D eigenvalue weighted by Gasteiger charge is -2.09. The zero-order valence-corrected chi connectivity index (χ0v) is 10.4. The zero-order valence-electron chi connectivity index (χ0n) is 10.4. The molecule has 0 aliphatic rings. The van der Waals surface area contributed by atoms with Crippen LogP contribution >= 0.6 is 0 Å². The van der Waals surface area contributed by atoms with Gasteiger partial charge in [0.1, 0.15) is 11.6 Å². The molecular weight excluding hydrogens is 224 g/mol. The van der Waals surface area contributed by atoms with Crippen molar-refractivity contribution in [2.24, 2.45) is 0 Å². The van der Waals surface area contributed by atoms with Gasteiger partial charge in [-0.1, -0.05) is 30.3 Å². The van der Waals surface area contributed by atoms with Gasteiger partial charge in [0, 0.05) is 6.54 Å². The van der Waals surface area contributed by atoms with Crippen LogP contribution in [0.25, 0.3) is 0 Å². The molecule has 0 amide bonds. The Kier molecular flexibility index (Phi) is 3.54. The Morgan fingerprint density at radius 1 is 1.17 bits per heavy atom. The van der Waals surface area contributed by atoms with E-state index < -0.39 is 0 Å². The fourth-order valence-corrected chi connectivity index (χ4v) is 1.65. The molecule has 0 aliphatic heterocycles. The second kappa shape index (κ2) is 5.28. The lowest BCUT2D eigenvalue weighted by atomic mass is 10.1. The predicted molar refractivity (Wildman–Crippen MR) is 70.0 cm³/mol. The van der Waals surface area contributed by atoms with Crippen LogP contribution in [0.1, 0.15) is 22.4 Å². The van der Waals surface area contributed by atoms with Gasteiger partial charge in [0.05, 0.1) is 5.69 Å². The molecule has 0 spiro atoms. The number of anilines is 1. The third-order valence-corrected chi connectivity index (χ3v) is 2.87. The van der Waals surface area contributed by atoms with Gasteiger partial charge < -0.3 is 5.32 Å². The van der Waals surface area contributed by atoms with Gasteiger partial charge in [0.25, 0.3) is 0 Å². The van der Waals surface area contributed by atoms with Gasteiger partial charge in [-0.3, -0.25) is 0 Å². The minimum absolute atomic E-state index is 0.546. The molecule has 0 fully saturated rings. The van der Waals surface area contributed by atoms with Crippen molar-refractivity contribution in [3.05, 3.63) is 52.7 Å². The summed E-state index contributed by atoms with van der Waals surface area (Å²) >= 11 is 0. The van der Waals surface area contributed by atoms with Crippen molar-refractivity contribution in [2.45, 2.75) is 20.4 Å². The second-order valence-electron chi connectivity index (χ2n) is 4.08. The minimum atomic E-state index is 0.546.